The zero-order chi connectivity index (χ0) is 22.0. The van der Waals surface area contributed by atoms with Crippen molar-refractivity contribution in [2.75, 3.05) is 11.4 Å². The number of aliphatic carboxylic acids is 1. The Morgan fingerprint density at radius 1 is 1.00 bits per heavy atom. The number of para-hydroxylation sites is 1. The molecule has 2 aromatic rings. The summed E-state index contributed by atoms with van der Waals surface area (Å²) in [4.78, 5) is 41.3. The number of amides is 2. The van der Waals surface area contributed by atoms with Crippen molar-refractivity contribution < 1.29 is 19.5 Å². The van der Waals surface area contributed by atoms with E-state index in [1.165, 1.54) is 0 Å². The van der Waals surface area contributed by atoms with E-state index in [9.17, 15) is 14.4 Å². The summed E-state index contributed by atoms with van der Waals surface area (Å²) < 4.78 is 0. The molecule has 2 aliphatic rings. The molecule has 1 heterocycles. The molecule has 0 radical (unpaired) electrons. The van der Waals surface area contributed by atoms with Crippen LogP contribution in [0.3, 0.4) is 0 Å². The number of carbonyl (C=O) groups is 3. The van der Waals surface area contributed by atoms with E-state index in [4.69, 9.17) is 5.11 Å². The third kappa shape index (κ3) is 3.94. The standard InChI is InChI=1S/C25H28N2O4/c1-2-26(22(28)15-16-23(29)30)24-18-11-6-7-13-20(18)27(21-14-8-12-19(21)24)25(31)17-9-4-3-5-10-17/h3-7,9-11,13,19,21,24H,2,8,12,14-16H2,1H3,(H,29,30)/t19-,21+,24-/m0/s1. The molecule has 6 heteroatoms. The highest BCUT2D eigenvalue weighted by Crippen LogP contribution is 2.50. The van der Waals surface area contributed by atoms with Crippen molar-refractivity contribution in [3.63, 3.8) is 0 Å². The molecule has 162 valence electrons. The van der Waals surface area contributed by atoms with Crippen LogP contribution in [0, 0.1) is 5.92 Å². The first kappa shape index (κ1) is 21.1. The van der Waals surface area contributed by atoms with Gasteiger partial charge in [-0.25, -0.2) is 0 Å². The van der Waals surface area contributed by atoms with E-state index in [2.05, 4.69) is 0 Å². The zero-order valence-electron chi connectivity index (χ0n) is 17.7. The average Bonchev–Trinajstić information content (AvgIpc) is 3.27. The fourth-order valence-electron chi connectivity index (χ4n) is 5.29. The topological polar surface area (TPSA) is 77.9 Å². The lowest BCUT2D eigenvalue weighted by atomic mass is 9.81. The van der Waals surface area contributed by atoms with Crippen LogP contribution in [0.15, 0.2) is 54.6 Å². The maximum atomic E-state index is 13.5. The molecule has 0 spiro atoms. The number of carbonyl (C=O) groups excluding carboxylic acids is 2. The van der Waals surface area contributed by atoms with Crippen LogP contribution in [0.25, 0.3) is 0 Å². The Morgan fingerprint density at radius 2 is 1.71 bits per heavy atom. The van der Waals surface area contributed by atoms with Gasteiger partial charge in [-0.1, -0.05) is 42.8 Å². The van der Waals surface area contributed by atoms with Crippen LogP contribution < -0.4 is 4.90 Å². The number of benzene rings is 2. The van der Waals surface area contributed by atoms with Gasteiger partial charge in [-0.3, -0.25) is 14.4 Å². The Bertz CT molecular complexity index is 974. The van der Waals surface area contributed by atoms with E-state index in [1.807, 2.05) is 71.3 Å². The van der Waals surface area contributed by atoms with E-state index >= 15 is 0 Å². The van der Waals surface area contributed by atoms with Crippen LogP contribution in [-0.2, 0) is 9.59 Å². The van der Waals surface area contributed by atoms with Crippen molar-refractivity contribution >= 4 is 23.5 Å². The second-order valence-electron chi connectivity index (χ2n) is 8.28. The van der Waals surface area contributed by atoms with Gasteiger partial charge in [-0.15, -0.1) is 0 Å². The van der Waals surface area contributed by atoms with E-state index in [1.54, 1.807) is 0 Å². The molecule has 2 amide bonds. The van der Waals surface area contributed by atoms with E-state index in [-0.39, 0.29) is 42.7 Å². The monoisotopic (exact) mass is 420 g/mol. The van der Waals surface area contributed by atoms with Crippen molar-refractivity contribution in [1.29, 1.82) is 0 Å². The number of nitrogens with zero attached hydrogens (tertiary/aromatic N) is 2. The van der Waals surface area contributed by atoms with Gasteiger partial charge in [-0.05, 0) is 43.5 Å². The molecule has 0 saturated heterocycles. The molecule has 0 aromatic heterocycles. The predicted octanol–water partition coefficient (Wildman–Crippen LogP) is 4.27. The van der Waals surface area contributed by atoms with Crippen molar-refractivity contribution in [3.05, 3.63) is 65.7 Å². The number of hydrogen-bond donors (Lipinski definition) is 1. The summed E-state index contributed by atoms with van der Waals surface area (Å²) in [6.45, 7) is 2.44. The summed E-state index contributed by atoms with van der Waals surface area (Å²) in [5.41, 5.74) is 2.49. The fraction of sp³-hybridized carbons (Fsp3) is 0.400. The Kier molecular flexibility index (Phi) is 6.07. The lowest BCUT2D eigenvalue weighted by molar-refractivity contribution is -0.142. The maximum Gasteiger partial charge on any atom is 0.303 e. The van der Waals surface area contributed by atoms with Gasteiger partial charge in [-0.2, -0.15) is 0 Å². The highest BCUT2D eigenvalue weighted by Gasteiger charge is 2.48. The minimum Gasteiger partial charge on any atom is -0.481 e. The number of carboxylic acid groups (broad SMARTS) is 1. The van der Waals surface area contributed by atoms with Crippen LogP contribution in [0.2, 0.25) is 0 Å². The van der Waals surface area contributed by atoms with E-state index in [0.717, 1.165) is 30.5 Å². The first-order valence-electron chi connectivity index (χ1n) is 11.0. The highest BCUT2D eigenvalue weighted by molar-refractivity contribution is 6.07. The lowest BCUT2D eigenvalue weighted by Crippen LogP contribution is -2.52. The second-order valence-corrected chi connectivity index (χ2v) is 8.28. The van der Waals surface area contributed by atoms with Crippen LogP contribution in [0.1, 0.15) is 61.0 Å². The van der Waals surface area contributed by atoms with Crippen molar-refractivity contribution in [1.82, 2.24) is 4.90 Å². The number of carboxylic acids is 1. The number of rotatable bonds is 6. The third-order valence-corrected chi connectivity index (χ3v) is 6.57. The van der Waals surface area contributed by atoms with Crippen LogP contribution in [0.5, 0.6) is 0 Å². The first-order valence-corrected chi connectivity index (χ1v) is 11.0. The molecule has 1 saturated carbocycles. The summed E-state index contributed by atoms with van der Waals surface area (Å²) >= 11 is 0. The van der Waals surface area contributed by atoms with Crippen LogP contribution in [0.4, 0.5) is 5.69 Å². The number of fused-ring (bicyclic) bond motifs is 2. The summed E-state index contributed by atoms with van der Waals surface area (Å²) in [5, 5.41) is 9.02. The molecule has 1 fully saturated rings. The number of hydrogen-bond acceptors (Lipinski definition) is 3. The Morgan fingerprint density at radius 3 is 2.42 bits per heavy atom. The van der Waals surface area contributed by atoms with Crippen molar-refractivity contribution in [3.8, 4) is 0 Å². The van der Waals surface area contributed by atoms with Crippen molar-refractivity contribution in [2.45, 2.75) is 51.1 Å². The van der Waals surface area contributed by atoms with Gasteiger partial charge >= 0.3 is 5.97 Å². The summed E-state index contributed by atoms with van der Waals surface area (Å²) in [6.07, 6.45) is 2.65. The van der Waals surface area contributed by atoms with Gasteiger partial charge in [0.15, 0.2) is 0 Å². The van der Waals surface area contributed by atoms with Crippen LogP contribution >= 0.6 is 0 Å². The molecule has 3 atom stereocenters. The minimum atomic E-state index is -0.966. The van der Waals surface area contributed by atoms with Gasteiger partial charge in [0.2, 0.25) is 5.91 Å². The van der Waals surface area contributed by atoms with E-state index in [0.29, 0.717) is 12.1 Å². The molecule has 1 aliphatic heterocycles. The number of anilines is 1. The highest BCUT2D eigenvalue weighted by atomic mass is 16.4. The molecule has 0 bridgehead atoms. The Hall–Kier alpha value is -3.15. The Balaban J connectivity index is 1.75. The normalized spacial score (nSPS) is 21.8. The summed E-state index contributed by atoms with van der Waals surface area (Å²) in [5.74, 6) is -0.982. The average molecular weight is 421 g/mol. The molecule has 1 N–H and O–H groups in total. The smallest absolute Gasteiger partial charge is 0.303 e. The molecule has 31 heavy (non-hydrogen) atoms. The fourth-order valence-corrected chi connectivity index (χ4v) is 5.29. The molecule has 4 rings (SSSR count). The summed E-state index contributed by atoms with van der Waals surface area (Å²) in [7, 11) is 0. The molecular weight excluding hydrogens is 392 g/mol. The SMILES string of the molecule is CCN(C(=O)CCC(=O)O)[C@H]1c2ccccc2N(C(=O)c2ccccc2)[C@@H]2CCC[C@@H]21. The minimum absolute atomic E-state index is 0.00805. The van der Waals surface area contributed by atoms with Gasteiger partial charge in [0.25, 0.3) is 5.91 Å². The second kappa shape index (κ2) is 8.92. The van der Waals surface area contributed by atoms with E-state index < -0.39 is 5.97 Å². The van der Waals surface area contributed by atoms with Gasteiger partial charge in [0.05, 0.1) is 12.5 Å². The van der Waals surface area contributed by atoms with Crippen LogP contribution in [-0.4, -0.2) is 40.4 Å². The molecule has 6 nitrogen and oxygen atoms in total. The largest absolute Gasteiger partial charge is 0.481 e. The first-order chi connectivity index (χ1) is 15.0. The zero-order valence-corrected chi connectivity index (χ0v) is 17.7. The van der Waals surface area contributed by atoms with Crippen molar-refractivity contribution in [2.24, 2.45) is 5.92 Å². The lowest BCUT2D eigenvalue weighted by Gasteiger charge is -2.47. The molecule has 0 unspecified atom stereocenters. The van der Waals surface area contributed by atoms with Gasteiger partial charge < -0.3 is 14.9 Å². The summed E-state index contributed by atoms with van der Waals surface area (Å²) in [6, 6.07) is 17.1. The molecular formula is C25H28N2O4. The molecule has 1 aliphatic carbocycles. The van der Waals surface area contributed by atoms with Gasteiger partial charge in [0, 0.05) is 36.2 Å². The predicted molar refractivity (Wildman–Crippen MR) is 118 cm³/mol. The Labute approximate surface area is 182 Å². The molecule has 2 aromatic carbocycles. The quantitative estimate of drug-likeness (QED) is 0.757. The maximum absolute atomic E-state index is 13.5. The van der Waals surface area contributed by atoms with Gasteiger partial charge in [0.1, 0.15) is 0 Å². The third-order valence-electron chi connectivity index (χ3n) is 6.57.